The topological polar surface area (TPSA) is 85.6 Å². The quantitative estimate of drug-likeness (QED) is 0.326. The number of nitrogens with one attached hydrogen (secondary N) is 1. The molecule has 0 saturated heterocycles. The van der Waals surface area contributed by atoms with Gasteiger partial charge in [0.1, 0.15) is 16.9 Å². The van der Waals surface area contributed by atoms with Crippen molar-refractivity contribution in [2.45, 2.75) is 6.92 Å². The van der Waals surface area contributed by atoms with E-state index in [4.69, 9.17) is 9.15 Å². The van der Waals surface area contributed by atoms with E-state index in [9.17, 15) is 14.4 Å². The third-order valence-corrected chi connectivity index (χ3v) is 3.82. The standard InChI is InChI=1S/C21H17NO5/c1-3-9-22-19(23)17-11-14-7-8-16(12-18(14)27-21(17)25)26-20(24)15-6-4-5-13(2)10-15/h3-8,10-12H,1,9H2,2H3,(H,22,23). The van der Waals surface area contributed by atoms with Gasteiger partial charge in [-0.15, -0.1) is 6.58 Å². The summed E-state index contributed by atoms with van der Waals surface area (Å²) in [5.74, 6) is -0.817. The molecule has 0 saturated carbocycles. The van der Waals surface area contributed by atoms with Crippen LogP contribution in [0.25, 0.3) is 11.0 Å². The van der Waals surface area contributed by atoms with Gasteiger partial charge in [0.2, 0.25) is 0 Å². The molecule has 0 fully saturated rings. The lowest BCUT2D eigenvalue weighted by molar-refractivity contribution is 0.0734. The number of carbonyl (C=O) groups is 2. The van der Waals surface area contributed by atoms with Crippen molar-refractivity contribution in [2.75, 3.05) is 6.54 Å². The average Bonchev–Trinajstić information content (AvgIpc) is 2.65. The summed E-state index contributed by atoms with van der Waals surface area (Å²) < 4.78 is 10.6. The van der Waals surface area contributed by atoms with Crippen molar-refractivity contribution in [3.05, 3.63) is 88.3 Å². The number of hydrogen-bond donors (Lipinski definition) is 1. The Morgan fingerprint density at radius 2 is 2.00 bits per heavy atom. The Morgan fingerprint density at radius 1 is 1.19 bits per heavy atom. The second-order valence-electron chi connectivity index (χ2n) is 5.90. The van der Waals surface area contributed by atoms with Crippen molar-refractivity contribution >= 4 is 22.8 Å². The Labute approximate surface area is 155 Å². The number of benzene rings is 2. The maximum absolute atomic E-state index is 12.2. The SMILES string of the molecule is C=CCNC(=O)c1cc2ccc(OC(=O)c3cccc(C)c3)cc2oc1=O. The van der Waals surface area contributed by atoms with E-state index in [1.807, 2.05) is 13.0 Å². The first kappa shape index (κ1) is 18.1. The second-order valence-corrected chi connectivity index (χ2v) is 5.90. The predicted octanol–water partition coefficient (Wildman–Crippen LogP) is 3.24. The van der Waals surface area contributed by atoms with Gasteiger partial charge >= 0.3 is 11.6 Å². The molecule has 2 aromatic carbocycles. The van der Waals surface area contributed by atoms with Gasteiger partial charge in [-0.3, -0.25) is 4.79 Å². The minimum atomic E-state index is -0.772. The molecule has 0 atom stereocenters. The van der Waals surface area contributed by atoms with Crippen molar-refractivity contribution in [2.24, 2.45) is 0 Å². The lowest BCUT2D eigenvalue weighted by Crippen LogP contribution is -2.28. The minimum Gasteiger partial charge on any atom is -0.423 e. The largest absolute Gasteiger partial charge is 0.423 e. The molecule has 3 aromatic rings. The zero-order valence-electron chi connectivity index (χ0n) is 14.7. The third kappa shape index (κ3) is 4.12. The highest BCUT2D eigenvalue weighted by Crippen LogP contribution is 2.21. The van der Waals surface area contributed by atoms with Gasteiger partial charge in [-0.25, -0.2) is 9.59 Å². The van der Waals surface area contributed by atoms with Crippen molar-refractivity contribution in [3.8, 4) is 5.75 Å². The van der Waals surface area contributed by atoms with Crippen LogP contribution in [0.5, 0.6) is 5.75 Å². The highest BCUT2D eigenvalue weighted by Gasteiger charge is 2.14. The van der Waals surface area contributed by atoms with Crippen LogP contribution in [-0.2, 0) is 0 Å². The summed E-state index contributed by atoms with van der Waals surface area (Å²) in [6.07, 6.45) is 1.51. The van der Waals surface area contributed by atoms with Gasteiger partial charge < -0.3 is 14.5 Å². The van der Waals surface area contributed by atoms with Gasteiger partial charge in [0.15, 0.2) is 0 Å². The van der Waals surface area contributed by atoms with Crippen LogP contribution >= 0.6 is 0 Å². The highest BCUT2D eigenvalue weighted by molar-refractivity contribution is 5.97. The van der Waals surface area contributed by atoms with E-state index in [0.717, 1.165) is 5.56 Å². The fraction of sp³-hybridized carbons (Fsp3) is 0.0952. The van der Waals surface area contributed by atoms with Crippen LogP contribution in [0, 0.1) is 6.92 Å². The van der Waals surface area contributed by atoms with E-state index < -0.39 is 17.5 Å². The number of amides is 1. The number of esters is 1. The van der Waals surface area contributed by atoms with Gasteiger partial charge in [0, 0.05) is 18.0 Å². The fourth-order valence-corrected chi connectivity index (χ4v) is 2.51. The summed E-state index contributed by atoms with van der Waals surface area (Å²) in [5.41, 5.74) is 0.705. The summed E-state index contributed by atoms with van der Waals surface area (Å²) in [7, 11) is 0. The summed E-state index contributed by atoms with van der Waals surface area (Å²) in [6.45, 7) is 5.62. The van der Waals surface area contributed by atoms with Crippen LogP contribution in [0.1, 0.15) is 26.3 Å². The number of hydrogen-bond acceptors (Lipinski definition) is 5. The number of fused-ring (bicyclic) bond motifs is 1. The molecular weight excluding hydrogens is 346 g/mol. The predicted molar refractivity (Wildman–Crippen MR) is 101 cm³/mol. The number of rotatable bonds is 5. The van der Waals surface area contributed by atoms with Crippen molar-refractivity contribution in [3.63, 3.8) is 0 Å². The molecule has 1 aromatic heterocycles. The van der Waals surface area contributed by atoms with Gasteiger partial charge in [-0.05, 0) is 37.3 Å². The molecule has 0 aliphatic heterocycles. The zero-order valence-corrected chi connectivity index (χ0v) is 14.7. The second kappa shape index (κ2) is 7.70. The van der Waals surface area contributed by atoms with E-state index >= 15 is 0 Å². The Bertz CT molecular complexity index is 1100. The molecule has 3 rings (SSSR count). The van der Waals surface area contributed by atoms with Crippen molar-refractivity contribution in [1.29, 1.82) is 0 Å². The molecule has 136 valence electrons. The molecule has 27 heavy (non-hydrogen) atoms. The first-order valence-electron chi connectivity index (χ1n) is 8.24. The molecule has 0 radical (unpaired) electrons. The Kier molecular flexibility index (Phi) is 5.17. The molecule has 0 bridgehead atoms. The molecular formula is C21H17NO5. The highest BCUT2D eigenvalue weighted by atomic mass is 16.5. The Balaban J connectivity index is 1.87. The average molecular weight is 363 g/mol. The fourth-order valence-electron chi connectivity index (χ4n) is 2.51. The van der Waals surface area contributed by atoms with Crippen LogP contribution in [0.2, 0.25) is 0 Å². The molecule has 0 unspecified atom stereocenters. The van der Waals surface area contributed by atoms with Gasteiger partial charge in [-0.1, -0.05) is 23.8 Å². The molecule has 6 heteroatoms. The van der Waals surface area contributed by atoms with Crippen LogP contribution in [-0.4, -0.2) is 18.4 Å². The normalized spacial score (nSPS) is 10.4. The summed E-state index contributed by atoms with van der Waals surface area (Å²) in [5, 5.41) is 3.06. The first-order valence-corrected chi connectivity index (χ1v) is 8.24. The van der Waals surface area contributed by atoms with Crippen molar-refractivity contribution in [1.82, 2.24) is 5.32 Å². The number of ether oxygens (including phenoxy) is 1. The number of carbonyl (C=O) groups excluding carboxylic acids is 2. The summed E-state index contributed by atoms with van der Waals surface area (Å²) in [6, 6.07) is 13.1. The zero-order chi connectivity index (χ0) is 19.4. The van der Waals surface area contributed by atoms with Crippen molar-refractivity contribution < 1.29 is 18.7 Å². The molecule has 1 N–H and O–H groups in total. The van der Waals surface area contributed by atoms with Crippen LogP contribution in [0.3, 0.4) is 0 Å². The maximum Gasteiger partial charge on any atom is 0.349 e. The maximum atomic E-state index is 12.2. The smallest absolute Gasteiger partial charge is 0.349 e. The van der Waals surface area contributed by atoms with E-state index in [2.05, 4.69) is 11.9 Å². The minimum absolute atomic E-state index is 0.103. The van der Waals surface area contributed by atoms with Gasteiger partial charge in [-0.2, -0.15) is 0 Å². The lowest BCUT2D eigenvalue weighted by Gasteiger charge is -2.07. The monoisotopic (exact) mass is 363 g/mol. The van der Waals surface area contributed by atoms with Crippen LogP contribution in [0.4, 0.5) is 0 Å². The first-order chi connectivity index (χ1) is 13.0. The van der Waals surface area contributed by atoms with Crippen LogP contribution < -0.4 is 15.7 Å². The van der Waals surface area contributed by atoms with E-state index in [1.165, 1.54) is 18.2 Å². The number of aryl methyl sites for hydroxylation is 1. The molecule has 0 aliphatic carbocycles. The molecule has 1 amide bonds. The Hall–Kier alpha value is -3.67. The molecule has 6 nitrogen and oxygen atoms in total. The summed E-state index contributed by atoms with van der Waals surface area (Å²) >= 11 is 0. The molecule has 1 heterocycles. The molecule has 0 spiro atoms. The Morgan fingerprint density at radius 3 is 2.74 bits per heavy atom. The summed E-state index contributed by atoms with van der Waals surface area (Å²) in [4.78, 5) is 36.3. The third-order valence-electron chi connectivity index (χ3n) is 3.82. The van der Waals surface area contributed by atoms with Crippen LogP contribution in [0.15, 0.2) is 70.4 Å². The van der Waals surface area contributed by atoms with Gasteiger partial charge in [0.25, 0.3) is 5.91 Å². The lowest BCUT2D eigenvalue weighted by atomic mass is 10.1. The molecule has 0 aliphatic rings. The van der Waals surface area contributed by atoms with E-state index in [1.54, 1.807) is 30.3 Å². The van der Waals surface area contributed by atoms with E-state index in [-0.39, 0.29) is 23.4 Å². The van der Waals surface area contributed by atoms with Gasteiger partial charge in [0.05, 0.1) is 5.56 Å². The van der Waals surface area contributed by atoms with E-state index in [0.29, 0.717) is 10.9 Å².